The number of nitrogens with two attached hydrogens (primary N) is 1. The molecule has 1 aliphatic rings. The van der Waals surface area contributed by atoms with E-state index in [-0.39, 0.29) is 0 Å². The van der Waals surface area contributed by atoms with Crippen LogP contribution in [0.1, 0.15) is 11.1 Å². The number of hydrogen-bond donors (Lipinski definition) is 2. The monoisotopic (exact) mass is 178 g/mol. The Balaban J connectivity index is 2.60. The van der Waals surface area contributed by atoms with E-state index in [4.69, 9.17) is 10.5 Å². The second kappa shape index (κ2) is 2.83. The fourth-order valence-electron chi connectivity index (χ4n) is 1.57. The number of nitrogen functional groups attached to an aromatic ring is 1. The van der Waals surface area contributed by atoms with Crippen LogP contribution < -0.4 is 15.8 Å². The normalized spacial score (nSPS) is 14.3. The third-order valence-electron chi connectivity index (χ3n) is 2.54. The summed E-state index contributed by atoms with van der Waals surface area (Å²) in [5.41, 5.74) is 9.95. The van der Waals surface area contributed by atoms with Gasteiger partial charge in [0.25, 0.3) is 0 Å². The molecule has 0 spiro atoms. The molecule has 2 rings (SSSR count). The third kappa shape index (κ3) is 1.20. The molecule has 3 nitrogen and oxygen atoms in total. The van der Waals surface area contributed by atoms with Crippen molar-refractivity contribution in [1.29, 1.82) is 0 Å². The molecule has 0 aliphatic carbocycles. The summed E-state index contributed by atoms with van der Waals surface area (Å²) < 4.78 is 5.57. The fraction of sp³-hybridized carbons (Fsp3) is 0.400. The summed E-state index contributed by atoms with van der Waals surface area (Å²) in [6.07, 6.45) is 0. The van der Waals surface area contributed by atoms with Crippen molar-refractivity contribution in [1.82, 2.24) is 0 Å². The summed E-state index contributed by atoms with van der Waals surface area (Å²) in [7, 11) is 0. The number of hydrogen-bond acceptors (Lipinski definition) is 3. The van der Waals surface area contributed by atoms with Crippen molar-refractivity contribution in [2.24, 2.45) is 0 Å². The summed E-state index contributed by atoms with van der Waals surface area (Å²) in [5.74, 6) is 0.956. The van der Waals surface area contributed by atoms with E-state index in [1.54, 1.807) is 0 Å². The van der Waals surface area contributed by atoms with Gasteiger partial charge in [-0.05, 0) is 31.0 Å². The lowest BCUT2D eigenvalue weighted by Crippen LogP contribution is -2.19. The van der Waals surface area contributed by atoms with Crippen LogP contribution in [0, 0.1) is 13.8 Å². The van der Waals surface area contributed by atoms with Crippen molar-refractivity contribution in [3.63, 3.8) is 0 Å². The first-order valence-corrected chi connectivity index (χ1v) is 4.46. The van der Waals surface area contributed by atoms with E-state index in [1.165, 1.54) is 0 Å². The SMILES string of the molecule is Cc1c(N)cc2c(c1C)OCCN2. The van der Waals surface area contributed by atoms with Crippen LogP contribution in [0.5, 0.6) is 5.75 Å². The van der Waals surface area contributed by atoms with Crippen LogP contribution in [-0.2, 0) is 0 Å². The number of anilines is 2. The van der Waals surface area contributed by atoms with E-state index < -0.39 is 0 Å². The minimum atomic E-state index is 0.733. The van der Waals surface area contributed by atoms with Gasteiger partial charge < -0.3 is 15.8 Å². The van der Waals surface area contributed by atoms with Crippen molar-refractivity contribution >= 4 is 11.4 Å². The first-order valence-electron chi connectivity index (χ1n) is 4.46. The lowest BCUT2D eigenvalue weighted by Gasteiger charge is -2.22. The van der Waals surface area contributed by atoms with Gasteiger partial charge in [0.2, 0.25) is 0 Å². The highest BCUT2D eigenvalue weighted by Crippen LogP contribution is 2.36. The van der Waals surface area contributed by atoms with Gasteiger partial charge in [0.15, 0.2) is 0 Å². The molecule has 0 saturated heterocycles. The number of benzene rings is 1. The fourth-order valence-corrected chi connectivity index (χ4v) is 1.57. The maximum absolute atomic E-state index is 5.85. The Labute approximate surface area is 77.9 Å². The molecule has 1 aromatic rings. The highest BCUT2D eigenvalue weighted by molar-refractivity contribution is 5.71. The van der Waals surface area contributed by atoms with Gasteiger partial charge in [0, 0.05) is 12.2 Å². The topological polar surface area (TPSA) is 47.3 Å². The molecule has 0 radical (unpaired) electrons. The van der Waals surface area contributed by atoms with E-state index in [0.29, 0.717) is 0 Å². The maximum atomic E-state index is 5.85. The van der Waals surface area contributed by atoms with Crippen molar-refractivity contribution < 1.29 is 4.74 Å². The van der Waals surface area contributed by atoms with Crippen LogP contribution in [0.25, 0.3) is 0 Å². The van der Waals surface area contributed by atoms with E-state index in [9.17, 15) is 0 Å². The van der Waals surface area contributed by atoms with Gasteiger partial charge in [0.05, 0.1) is 5.69 Å². The molecule has 70 valence electrons. The quantitative estimate of drug-likeness (QED) is 0.594. The lowest BCUT2D eigenvalue weighted by molar-refractivity contribution is 0.321. The molecule has 1 aromatic carbocycles. The molecule has 3 heteroatoms. The summed E-state index contributed by atoms with van der Waals surface area (Å²) >= 11 is 0. The molecule has 0 aromatic heterocycles. The maximum Gasteiger partial charge on any atom is 0.145 e. The van der Waals surface area contributed by atoms with Crippen molar-refractivity contribution in [3.8, 4) is 5.75 Å². The molecule has 0 bridgehead atoms. The second-order valence-corrected chi connectivity index (χ2v) is 3.37. The van der Waals surface area contributed by atoms with Gasteiger partial charge in [-0.1, -0.05) is 0 Å². The summed E-state index contributed by atoms with van der Waals surface area (Å²) in [6, 6.07) is 1.94. The molecule has 1 heterocycles. The number of ether oxygens (including phenoxy) is 1. The molecule has 13 heavy (non-hydrogen) atoms. The van der Waals surface area contributed by atoms with Gasteiger partial charge in [-0.3, -0.25) is 0 Å². The standard InChI is InChI=1S/C10H14N2O/c1-6-7(2)10-9(5-8(6)11)12-3-4-13-10/h5,12H,3-4,11H2,1-2H3. The van der Waals surface area contributed by atoms with Gasteiger partial charge in [0.1, 0.15) is 12.4 Å². The summed E-state index contributed by atoms with van der Waals surface area (Å²) in [6.45, 7) is 5.65. The number of nitrogens with one attached hydrogen (secondary N) is 1. The highest BCUT2D eigenvalue weighted by Gasteiger charge is 2.15. The Morgan fingerprint density at radius 2 is 2.15 bits per heavy atom. The number of rotatable bonds is 0. The van der Waals surface area contributed by atoms with E-state index in [2.05, 4.69) is 5.32 Å². The zero-order valence-corrected chi connectivity index (χ0v) is 7.98. The zero-order valence-electron chi connectivity index (χ0n) is 7.98. The minimum absolute atomic E-state index is 0.733. The van der Waals surface area contributed by atoms with Gasteiger partial charge in [-0.15, -0.1) is 0 Å². The molecule has 3 N–H and O–H groups in total. The highest BCUT2D eigenvalue weighted by atomic mass is 16.5. The molecule has 0 unspecified atom stereocenters. The van der Waals surface area contributed by atoms with Crippen LogP contribution >= 0.6 is 0 Å². The van der Waals surface area contributed by atoms with Crippen molar-refractivity contribution in [2.45, 2.75) is 13.8 Å². The Hall–Kier alpha value is -1.38. The van der Waals surface area contributed by atoms with E-state index >= 15 is 0 Å². The van der Waals surface area contributed by atoms with Gasteiger partial charge in [-0.2, -0.15) is 0 Å². The zero-order chi connectivity index (χ0) is 9.42. The van der Waals surface area contributed by atoms with E-state index in [0.717, 1.165) is 41.4 Å². The first-order chi connectivity index (χ1) is 6.20. The Morgan fingerprint density at radius 1 is 1.38 bits per heavy atom. The average Bonchev–Trinajstić information content (AvgIpc) is 2.15. The first kappa shape index (κ1) is 8.23. The molecule has 0 atom stereocenters. The predicted octanol–water partition coefficient (Wildman–Crippen LogP) is 1.69. The van der Waals surface area contributed by atoms with Gasteiger partial charge >= 0.3 is 0 Å². The summed E-state index contributed by atoms with van der Waals surface area (Å²) in [4.78, 5) is 0. The second-order valence-electron chi connectivity index (χ2n) is 3.37. The Kier molecular flexibility index (Phi) is 1.79. The van der Waals surface area contributed by atoms with Crippen LogP contribution in [0.4, 0.5) is 11.4 Å². The van der Waals surface area contributed by atoms with Crippen molar-refractivity contribution in [2.75, 3.05) is 24.2 Å². The molecule has 1 aliphatic heterocycles. The molecule has 0 amide bonds. The minimum Gasteiger partial charge on any atom is -0.489 e. The average molecular weight is 178 g/mol. The van der Waals surface area contributed by atoms with Gasteiger partial charge in [-0.25, -0.2) is 0 Å². The predicted molar refractivity (Wildman–Crippen MR) is 54.3 cm³/mol. The van der Waals surface area contributed by atoms with E-state index in [1.807, 2.05) is 19.9 Å². The van der Waals surface area contributed by atoms with Crippen LogP contribution in [0.3, 0.4) is 0 Å². The Bertz CT molecular complexity index is 347. The summed E-state index contributed by atoms with van der Waals surface area (Å²) in [5, 5.41) is 3.27. The van der Waals surface area contributed by atoms with Crippen LogP contribution in [0.15, 0.2) is 6.07 Å². The largest absolute Gasteiger partial charge is 0.489 e. The van der Waals surface area contributed by atoms with Crippen LogP contribution in [-0.4, -0.2) is 13.2 Å². The third-order valence-corrected chi connectivity index (χ3v) is 2.54. The van der Waals surface area contributed by atoms with Crippen LogP contribution in [0.2, 0.25) is 0 Å². The molecular formula is C10H14N2O. The molecule has 0 fully saturated rings. The smallest absolute Gasteiger partial charge is 0.145 e. The lowest BCUT2D eigenvalue weighted by atomic mass is 10.0. The van der Waals surface area contributed by atoms with Crippen molar-refractivity contribution in [3.05, 3.63) is 17.2 Å². The molecular weight excluding hydrogens is 164 g/mol. The number of fused-ring (bicyclic) bond motifs is 1. The Morgan fingerprint density at radius 3 is 2.92 bits per heavy atom. The molecule has 0 saturated carbocycles.